The van der Waals surface area contributed by atoms with Crippen molar-refractivity contribution in [1.29, 1.82) is 0 Å². The van der Waals surface area contributed by atoms with E-state index in [9.17, 15) is 18.5 Å². The zero-order valence-corrected chi connectivity index (χ0v) is 15.6. The van der Waals surface area contributed by atoms with Gasteiger partial charge in [0.15, 0.2) is 5.82 Å². The largest absolute Gasteiger partial charge is 0.369 e. The number of benzene rings is 1. The second-order valence-electron chi connectivity index (χ2n) is 5.69. The summed E-state index contributed by atoms with van der Waals surface area (Å²) in [5, 5.41) is 17.9. The number of nitrogens with zero attached hydrogens (tertiary/aromatic N) is 5. The number of nitrogens with one attached hydrogen (secondary N) is 2. The molecule has 3 rings (SSSR count). The minimum Gasteiger partial charge on any atom is -0.369 e. The fraction of sp³-hybridized carbons (Fsp3) is 0.188. The lowest BCUT2D eigenvalue weighted by Gasteiger charge is -2.10. The van der Waals surface area contributed by atoms with E-state index in [0.717, 1.165) is 6.07 Å². The van der Waals surface area contributed by atoms with E-state index in [2.05, 4.69) is 25.1 Å². The molecule has 2 aromatic heterocycles. The average Bonchev–Trinajstić information content (AvgIpc) is 3.20. The molecular formula is C16H17N7O4S. The van der Waals surface area contributed by atoms with Gasteiger partial charge in [-0.25, -0.2) is 27.8 Å². The molecule has 2 N–H and O–H groups in total. The number of rotatable bonds is 8. The highest BCUT2D eigenvalue weighted by Crippen LogP contribution is 2.17. The molecule has 0 fully saturated rings. The number of hydrogen-bond acceptors (Lipinski definition) is 8. The number of aromatic nitrogens is 4. The molecule has 0 bridgehead atoms. The van der Waals surface area contributed by atoms with Gasteiger partial charge in [-0.2, -0.15) is 5.10 Å². The second-order valence-corrected chi connectivity index (χ2v) is 7.46. The summed E-state index contributed by atoms with van der Waals surface area (Å²) >= 11 is 0. The van der Waals surface area contributed by atoms with Crippen molar-refractivity contribution in [1.82, 2.24) is 24.5 Å². The number of aryl methyl sites for hydroxylation is 1. The van der Waals surface area contributed by atoms with Gasteiger partial charge in [-0.1, -0.05) is 6.07 Å². The van der Waals surface area contributed by atoms with Crippen LogP contribution in [0, 0.1) is 17.0 Å². The van der Waals surface area contributed by atoms with Gasteiger partial charge in [-0.05, 0) is 19.1 Å². The van der Waals surface area contributed by atoms with E-state index < -0.39 is 14.9 Å². The molecule has 3 aromatic rings. The lowest BCUT2D eigenvalue weighted by Crippen LogP contribution is -2.29. The van der Waals surface area contributed by atoms with Gasteiger partial charge in [0.25, 0.3) is 5.69 Å². The van der Waals surface area contributed by atoms with Crippen LogP contribution in [0.2, 0.25) is 0 Å². The number of non-ortho nitro benzene ring substituents is 1. The van der Waals surface area contributed by atoms with Crippen molar-refractivity contribution >= 4 is 21.5 Å². The number of nitro groups is 1. The maximum Gasteiger partial charge on any atom is 0.270 e. The van der Waals surface area contributed by atoms with Crippen LogP contribution in [0.3, 0.4) is 0 Å². The molecule has 0 aliphatic carbocycles. The van der Waals surface area contributed by atoms with Gasteiger partial charge in [0, 0.05) is 43.7 Å². The Hall–Kier alpha value is -3.38. The molecule has 0 aliphatic rings. The first-order chi connectivity index (χ1) is 13.3. The molecule has 0 unspecified atom stereocenters. The quantitative estimate of drug-likeness (QED) is 0.325. The summed E-state index contributed by atoms with van der Waals surface area (Å²) in [6.45, 7) is 2.05. The van der Waals surface area contributed by atoms with Crippen LogP contribution in [0.25, 0.3) is 5.82 Å². The highest BCUT2D eigenvalue weighted by atomic mass is 32.2. The van der Waals surface area contributed by atoms with E-state index in [0.29, 0.717) is 17.5 Å². The molecule has 0 saturated heterocycles. The molecule has 0 spiro atoms. The predicted octanol–water partition coefficient (Wildman–Crippen LogP) is 1.27. The van der Waals surface area contributed by atoms with Crippen LogP contribution in [0.1, 0.15) is 5.82 Å². The fourth-order valence-electron chi connectivity index (χ4n) is 2.39. The molecule has 12 heteroatoms. The van der Waals surface area contributed by atoms with Gasteiger partial charge in [0.1, 0.15) is 11.6 Å². The molecule has 1 aromatic carbocycles. The molecule has 0 atom stereocenters. The summed E-state index contributed by atoms with van der Waals surface area (Å²) in [7, 11) is -3.86. The Balaban J connectivity index is 1.61. The van der Waals surface area contributed by atoms with Crippen LogP contribution in [0.4, 0.5) is 11.5 Å². The summed E-state index contributed by atoms with van der Waals surface area (Å²) < 4.78 is 28.5. The molecule has 2 heterocycles. The average molecular weight is 403 g/mol. The van der Waals surface area contributed by atoms with Crippen LogP contribution in [-0.4, -0.2) is 46.2 Å². The van der Waals surface area contributed by atoms with Crippen molar-refractivity contribution in [3.63, 3.8) is 0 Å². The van der Waals surface area contributed by atoms with Gasteiger partial charge >= 0.3 is 0 Å². The SMILES string of the molecule is Cc1nc(NCCNS(=O)(=O)c2cccc([N+](=O)[O-])c2)cc(-n2cccn2)n1. The lowest BCUT2D eigenvalue weighted by molar-refractivity contribution is -0.385. The van der Waals surface area contributed by atoms with Crippen LogP contribution in [0.15, 0.2) is 53.7 Å². The standard InChI is InChI=1S/C16H17N7O4S/c1-12-20-15(11-16(21-12)22-9-3-6-18-22)17-7-8-19-28(26,27)14-5-2-4-13(10-14)23(24)25/h2-6,9-11,19H,7-8H2,1H3,(H,17,20,21). The summed E-state index contributed by atoms with van der Waals surface area (Å²) in [6, 6.07) is 8.33. The first-order valence-electron chi connectivity index (χ1n) is 8.19. The smallest absolute Gasteiger partial charge is 0.270 e. The molecule has 0 amide bonds. The van der Waals surface area contributed by atoms with E-state index in [1.807, 2.05) is 0 Å². The number of hydrogen-bond donors (Lipinski definition) is 2. The van der Waals surface area contributed by atoms with Crippen LogP contribution >= 0.6 is 0 Å². The van der Waals surface area contributed by atoms with Crippen molar-refractivity contribution in [2.24, 2.45) is 0 Å². The Morgan fingerprint density at radius 2 is 2.00 bits per heavy atom. The van der Waals surface area contributed by atoms with Crippen molar-refractivity contribution in [2.75, 3.05) is 18.4 Å². The van der Waals surface area contributed by atoms with E-state index in [1.54, 1.807) is 36.1 Å². The summed E-state index contributed by atoms with van der Waals surface area (Å²) in [4.78, 5) is 18.5. The monoisotopic (exact) mass is 403 g/mol. The maximum absolute atomic E-state index is 12.3. The molecule has 0 saturated carbocycles. The van der Waals surface area contributed by atoms with E-state index in [-0.39, 0.29) is 23.7 Å². The first-order valence-corrected chi connectivity index (χ1v) is 9.67. The van der Waals surface area contributed by atoms with Crippen LogP contribution in [0.5, 0.6) is 0 Å². The van der Waals surface area contributed by atoms with Gasteiger partial charge in [0.2, 0.25) is 10.0 Å². The van der Waals surface area contributed by atoms with Crippen molar-refractivity contribution in [3.8, 4) is 5.82 Å². The van der Waals surface area contributed by atoms with Crippen LogP contribution < -0.4 is 10.0 Å². The highest BCUT2D eigenvalue weighted by Gasteiger charge is 2.17. The number of sulfonamides is 1. The fourth-order valence-corrected chi connectivity index (χ4v) is 3.46. The van der Waals surface area contributed by atoms with Crippen molar-refractivity contribution in [2.45, 2.75) is 11.8 Å². The zero-order chi connectivity index (χ0) is 20.1. The minimum absolute atomic E-state index is 0.0607. The number of nitro benzene ring substituents is 1. The molecule has 0 aliphatic heterocycles. The third-order valence-corrected chi connectivity index (χ3v) is 5.08. The summed E-state index contributed by atoms with van der Waals surface area (Å²) in [5.74, 6) is 1.64. The second kappa shape index (κ2) is 8.10. The normalized spacial score (nSPS) is 11.3. The van der Waals surface area contributed by atoms with Gasteiger partial charge < -0.3 is 5.32 Å². The topological polar surface area (TPSA) is 145 Å². The maximum atomic E-state index is 12.3. The van der Waals surface area contributed by atoms with Gasteiger partial charge in [-0.15, -0.1) is 0 Å². The predicted molar refractivity (Wildman–Crippen MR) is 101 cm³/mol. The Kier molecular flexibility index (Phi) is 5.61. The van der Waals surface area contributed by atoms with E-state index in [4.69, 9.17) is 0 Å². The summed E-state index contributed by atoms with van der Waals surface area (Å²) in [6.07, 6.45) is 3.38. The number of anilines is 1. The van der Waals surface area contributed by atoms with E-state index in [1.165, 1.54) is 18.2 Å². The molecule has 11 nitrogen and oxygen atoms in total. The Bertz CT molecular complexity index is 1080. The van der Waals surface area contributed by atoms with Crippen molar-refractivity contribution < 1.29 is 13.3 Å². The first kappa shape index (κ1) is 19.4. The van der Waals surface area contributed by atoms with Gasteiger partial charge in [-0.3, -0.25) is 10.1 Å². The van der Waals surface area contributed by atoms with Gasteiger partial charge in [0.05, 0.1) is 9.82 Å². The molecule has 28 heavy (non-hydrogen) atoms. The summed E-state index contributed by atoms with van der Waals surface area (Å²) in [5.41, 5.74) is -0.288. The Morgan fingerprint density at radius 3 is 2.71 bits per heavy atom. The molecule has 146 valence electrons. The molecular weight excluding hydrogens is 386 g/mol. The Morgan fingerprint density at radius 1 is 1.18 bits per heavy atom. The van der Waals surface area contributed by atoms with Crippen LogP contribution in [-0.2, 0) is 10.0 Å². The highest BCUT2D eigenvalue weighted by molar-refractivity contribution is 7.89. The third kappa shape index (κ3) is 4.66. The minimum atomic E-state index is -3.86. The van der Waals surface area contributed by atoms with Crippen molar-refractivity contribution in [3.05, 3.63) is 64.7 Å². The lowest BCUT2D eigenvalue weighted by atomic mass is 10.3. The molecule has 0 radical (unpaired) electrons. The Labute approximate surface area is 160 Å². The van der Waals surface area contributed by atoms with E-state index >= 15 is 0 Å². The zero-order valence-electron chi connectivity index (χ0n) is 14.8. The third-order valence-electron chi connectivity index (χ3n) is 3.63.